The molecule has 1 aromatic rings. The van der Waals surface area contributed by atoms with Crippen molar-refractivity contribution in [1.29, 1.82) is 0 Å². The molecule has 0 saturated carbocycles. The second-order valence-electron chi connectivity index (χ2n) is 6.45. The van der Waals surface area contributed by atoms with E-state index in [9.17, 15) is 14.3 Å². The summed E-state index contributed by atoms with van der Waals surface area (Å²) in [6, 6.07) is 6.38. The lowest BCUT2D eigenvalue weighted by Crippen LogP contribution is -2.48. The van der Waals surface area contributed by atoms with Crippen LogP contribution in [0, 0.1) is 11.2 Å². The molecule has 0 spiro atoms. The first kappa shape index (κ1) is 17.9. The number of halogens is 1. The number of benzene rings is 1. The first-order chi connectivity index (χ1) is 11.1. The van der Waals surface area contributed by atoms with Crippen LogP contribution < -0.4 is 0 Å². The fourth-order valence-electron chi connectivity index (χ4n) is 3.25. The van der Waals surface area contributed by atoms with Gasteiger partial charge in [-0.3, -0.25) is 4.79 Å². The van der Waals surface area contributed by atoms with E-state index >= 15 is 0 Å². The Bertz CT molecular complexity index is 523. The lowest BCUT2D eigenvalue weighted by atomic mass is 9.78. The highest BCUT2D eigenvalue weighted by atomic mass is 19.1. The van der Waals surface area contributed by atoms with Crippen LogP contribution in [0.5, 0.6) is 0 Å². The molecule has 128 valence electrons. The van der Waals surface area contributed by atoms with Crippen LogP contribution in [0.1, 0.15) is 31.2 Å². The number of likely N-dealkylation sites (tertiary alicyclic amines) is 1. The van der Waals surface area contributed by atoms with E-state index in [0.717, 1.165) is 31.4 Å². The number of methoxy groups -OCH3 is 1. The Morgan fingerprint density at radius 1 is 1.48 bits per heavy atom. The fraction of sp³-hybridized carbons (Fsp3) is 0.611. The topological polar surface area (TPSA) is 49.8 Å². The molecule has 0 unspecified atom stereocenters. The normalized spacial score (nSPS) is 21.4. The van der Waals surface area contributed by atoms with Crippen molar-refractivity contribution in [2.75, 3.05) is 33.4 Å². The number of carbonyl (C=O) groups excluding carboxylic acids is 1. The third-order valence-electron chi connectivity index (χ3n) is 4.70. The van der Waals surface area contributed by atoms with Gasteiger partial charge in [-0.1, -0.05) is 12.1 Å². The minimum Gasteiger partial charge on any atom is -0.396 e. The fourth-order valence-corrected chi connectivity index (χ4v) is 3.25. The van der Waals surface area contributed by atoms with Crippen LogP contribution in [0.4, 0.5) is 4.39 Å². The molecule has 5 heteroatoms. The number of aliphatic hydroxyl groups is 1. The second-order valence-corrected chi connectivity index (χ2v) is 6.45. The first-order valence-corrected chi connectivity index (χ1v) is 8.21. The van der Waals surface area contributed by atoms with Crippen molar-refractivity contribution >= 4 is 5.91 Å². The van der Waals surface area contributed by atoms with Gasteiger partial charge in [-0.25, -0.2) is 4.39 Å². The van der Waals surface area contributed by atoms with Gasteiger partial charge in [-0.2, -0.15) is 0 Å². The maximum atomic E-state index is 13.2. The molecule has 4 nitrogen and oxygen atoms in total. The third kappa shape index (κ3) is 5.01. The summed E-state index contributed by atoms with van der Waals surface area (Å²) >= 11 is 0. The summed E-state index contributed by atoms with van der Waals surface area (Å²) in [6.45, 7) is 1.97. The molecule has 0 aliphatic carbocycles. The van der Waals surface area contributed by atoms with Crippen molar-refractivity contribution in [3.63, 3.8) is 0 Å². The lowest BCUT2D eigenvalue weighted by Gasteiger charge is -2.42. The van der Waals surface area contributed by atoms with Crippen LogP contribution in [0.25, 0.3) is 0 Å². The van der Waals surface area contributed by atoms with Crippen LogP contribution >= 0.6 is 0 Å². The Kier molecular flexibility index (Phi) is 6.54. The molecule has 23 heavy (non-hydrogen) atoms. The predicted octanol–water partition coefficient (Wildman–Crippen LogP) is 2.40. The van der Waals surface area contributed by atoms with Crippen LogP contribution in [0.15, 0.2) is 24.3 Å². The maximum absolute atomic E-state index is 13.2. The highest BCUT2D eigenvalue weighted by Crippen LogP contribution is 2.33. The first-order valence-electron chi connectivity index (χ1n) is 8.21. The SMILES string of the molecule is COCC[C@@]1(CO)CCCN(C(=O)CCc2cccc(F)c2)C1. The summed E-state index contributed by atoms with van der Waals surface area (Å²) < 4.78 is 18.3. The zero-order chi connectivity index (χ0) is 16.7. The van der Waals surface area contributed by atoms with E-state index in [-0.39, 0.29) is 23.7 Å². The highest BCUT2D eigenvalue weighted by molar-refractivity contribution is 5.76. The average molecular weight is 323 g/mol. The molecular weight excluding hydrogens is 297 g/mol. The largest absolute Gasteiger partial charge is 0.396 e. The summed E-state index contributed by atoms with van der Waals surface area (Å²) in [4.78, 5) is 14.3. The van der Waals surface area contributed by atoms with Gasteiger partial charge in [0, 0.05) is 38.6 Å². The Hall–Kier alpha value is -1.46. The standard InChI is InChI=1S/C18H26FNO3/c1-23-11-9-18(14-21)8-3-10-20(13-18)17(22)7-6-15-4-2-5-16(19)12-15/h2,4-5,12,21H,3,6-11,13-14H2,1H3/t18-/m0/s1. The van der Waals surface area contributed by atoms with Crippen molar-refractivity contribution in [2.24, 2.45) is 5.41 Å². The molecule has 0 bridgehead atoms. The van der Waals surface area contributed by atoms with E-state index in [0.29, 0.717) is 26.0 Å². The number of piperidine rings is 1. The zero-order valence-corrected chi connectivity index (χ0v) is 13.8. The summed E-state index contributed by atoms with van der Waals surface area (Å²) in [5, 5.41) is 9.77. The molecule has 0 aromatic heterocycles. The molecule has 1 amide bonds. The van der Waals surface area contributed by atoms with Gasteiger partial charge >= 0.3 is 0 Å². The average Bonchev–Trinajstić information content (AvgIpc) is 2.58. The van der Waals surface area contributed by atoms with E-state index in [4.69, 9.17) is 4.74 Å². The Morgan fingerprint density at radius 2 is 2.30 bits per heavy atom. The van der Waals surface area contributed by atoms with Gasteiger partial charge < -0.3 is 14.7 Å². The van der Waals surface area contributed by atoms with Crippen LogP contribution in [0.3, 0.4) is 0 Å². The minimum atomic E-state index is -0.271. The number of amides is 1. The number of aliphatic hydroxyl groups excluding tert-OH is 1. The smallest absolute Gasteiger partial charge is 0.222 e. The monoisotopic (exact) mass is 323 g/mol. The van der Waals surface area contributed by atoms with E-state index in [1.54, 1.807) is 13.2 Å². The van der Waals surface area contributed by atoms with Crippen LogP contribution in [0.2, 0.25) is 0 Å². The molecule has 1 heterocycles. The zero-order valence-electron chi connectivity index (χ0n) is 13.8. The van der Waals surface area contributed by atoms with Gasteiger partial charge in [0.2, 0.25) is 5.91 Å². The van der Waals surface area contributed by atoms with Crippen molar-refractivity contribution in [1.82, 2.24) is 4.90 Å². The number of nitrogens with zero attached hydrogens (tertiary/aromatic N) is 1. The highest BCUT2D eigenvalue weighted by Gasteiger charge is 2.36. The van der Waals surface area contributed by atoms with Gasteiger partial charge in [0.1, 0.15) is 5.82 Å². The maximum Gasteiger partial charge on any atom is 0.222 e. The molecule has 1 saturated heterocycles. The number of rotatable bonds is 7. The molecular formula is C18H26FNO3. The molecule has 1 aliphatic heterocycles. The summed E-state index contributed by atoms with van der Waals surface area (Å²) in [7, 11) is 1.65. The van der Waals surface area contributed by atoms with Crippen molar-refractivity contribution in [3.8, 4) is 0 Å². The van der Waals surface area contributed by atoms with E-state index < -0.39 is 0 Å². The molecule has 1 aromatic carbocycles. The number of ether oxygens (including phenoxy) is 1. The second kappa shape index (κ2) is 8.41. The number of hydrogen-bond donors (Lipinski definition) is 1. The third-order valence-corrected chi connectivity index (χ3v) is 4.70. The van der Waals surface area contributed by atoms with Gasteiger partial charge in [-0.15, -0.1) is 0 Å². The van der Waals surface area contributed by atoms with E-state index in [2.05, 4.69) is 0 Å². The Morgan fingerprint density at radius 3 is 3.00 bits per heavy atom. The van der Waals surface area contributed by atoms with Gasteiger partial charge in [-0.05, 0) is 43.4 Å². The predicted molar refractivity (Wildman–Crippen MR) is 86.5 cm³/mol. The number of hydrogen-bond acceptors (Lipinski definition) is 3. The number of carbonyl (C=O) groups is 1. The van der Waals surface area contributed by atoms with Gasteiger partial charge in [0.15, 0.2) is 0 Å². The van der Waals surface area contributed by atoms with Crippen molar-refractivity contribution in [2.45, 2.75) is 32.1 Å². The van der Waals surface area contributed by atoms with Crippen molar-refractivity contribution < 1.29 is 19.0 Å². The van der Waals surface area contributed by atoms with Crippen molar-refractivity contribution in [3.05, 3.63) is 35.6 Å². The number of aryl methyl sites for hydroxylation is 1. The molecule has 1 fully saturated rings. The van der Waals surface area contributed by atoms with Crippen LogP contribution in [-0.4, -0.2) is 49.3 Å². The summed E-state index contributed by atoms with van der Waals surface area (Å²) in [6.07, 6.45) is 3.48. The molecule has 0 radical (unpaired) electrons. The van der Waals surface area contributed by atoms with Gasteiger partial charge in [0.25, 0.3) is 0 Å². The summed E-state index contributed by atoms with van der Waals surface area (Å²) in [5.41, 5.74) is 0.589. The lowest BCUT2D eigenvalue weighted by molar-refractivity contribution is -0.136. The molecule has 2 rings (SSSR count). The van der Waals surface area contributed by atoms with Crippen LogP contribution in [-0.2, 0) is 16.0 Å². The van der Waals surface area contributed by atoms with Gasteiger partial charge in [0.05, 0.1) is 6.61 Å². The Balaban J connectivity index is 1.90. The minimum absolute atomic E-state index is 0.0733. The molecule has 1 N–H and O–H groups in total. The van der Waals surface area contributed by atoms with E-state index in [1.807, 2.05) is 11.0 Å². The molecule has 1 aliphatic rings. The molecule has 1 atom stereocenters. The quantitative estimate of drug-likeness (QED) is 0.838. The Labute approximate surface area is 137 Å². The summed E-state index contributed by atoms with van der Waals surface area (Å²) in [5.74, 6) is -0.198. The van der Waals surface area contributed by atoms with E-state index in [1.165, 1.54) is 12.1 Å².